The number of likely N-dealkylation sites (N-methyl/N-ethyl adjacent to an activating group) is 1. The molecule has 1 aromatic carbocycles. The first-order valence-electron chi connectivity index (χ1n) is 6.99. The van der Waals surface area contributed by atoms with Gasteiger partial charge in [-0.15, -0.1) is 0 Å². The average Bonchev–Trinajstić information content (AvgIpc) is 2.26. The summed E-state index contributed by atoms with van der Waals surface area (Å²) in [6.45, 7) is 9.07. The first kappa shape index (κ1) is 17.1. The lowest BCUT2D eigenvalue weighted by atomic mass is 9.82. The largest absolute Gasteiger partial charge is 0.379 e. The van der Waals surface area contributed by atoms with E-state index in [2.05, 4.69) is 26.1 Å². The van der Waals surface area contributed by atoms with Gasteiger partial charge in [-0.25, -0.2) is 8.78 Å². The molecule has 0 saturated carbocycles. The van der Waals surface area contributed by atoms with E-state index in [0.717, 1.165) is 12.6 Å². The van der Waals surface area contributed by atoms with Crippen LogP contribution in [0, 0.1) is 17.0 Å². The van der Waals surface area contributed by atoms with Crippen molar-refractivity contribution in [3.63, 3.8) is 0 Å². The van der Waals surface area contributed by atoms with Crippen molar-refractivity contribution in [1.29, 1.82) is 0 Å². The van der Waals surface area contributed by atoms with Gasteiger partial charge in [0, 0.05) is 19.2 Å². The molecule has 0 saturated heterocycles. The molecule has 0 aliphatic rings. The van der Waals surface area contributed by atoms with E-state index >= 15 is 0 Å². The molecule has 1 N–H and O–H groups in total. The Morgan fingerprint density at radius 3 is 2.10 bits per heavy atom. The Bertz CT molecular complexity index is 409. The number of methoxy groups -OCH3 is 1. The molecule has 4 heteroatoms. The van der Waals surface area contributed by atoms with Crippen LogP contribution in [0.25, 0.3) is 0 Å². The molecular formula is C16H25F2NO. The zero-order valence-corrected chi connectivity index (χ0v) is 13.0. The molecule has 2 unspecified atom stereocenters. The molecule has 20 heavy (non-hydrogen) atoms. The zero-order valence-electron chi connectivity index (χ0n) is 13.0. The van der Waals surface area contributed by atoms with Gasteiger partial charge in [0.25, 0.3) is 0 Å². The molecule has 0 spiro atoms. The second kappa shape index (κ2) is 7.14. The molecule has 0 radical (unpaired) electrons. The fourth-order valence-corrected chi connectivity index (χ4v) is 2.65. The minimum atomic E-state index is -0.542. The molecule has 0 aliphatic heterocycles. The van der Waals surface area contributed by atoms with Gasteiger partial charge in [0.15, 0.2) is 0 Å². The van der Waals surface area contributed by atoms with E-state index in [0.29, 0.717) is 12.0 Å². The first-order valence-corrected chi connectivity index (χ1v) is 6.99. The van der Waals surface area contributed by atoms with Gasteiger partial charge < -0.3 is 10.1 Å². The van der Waals surface area contributed by atoms with E-state index in [-0.39, 0.29) is 17.6 Å². The van der Waals surface area contributed by atoms with Crippen LogP contribution in [0.3, 0.4) is 0 Å². The molecule has 0 aromatic heterocycles. The Balaban J connectivity index is 2.96. The number of benzene rings is 1. The summed E-state index contributed by atoms with van der Waals surface area (Å²) in [7, 11) is 1.67. The van der Waals surface area contributed by atoms with Crippen LogP contribution in [0.2, 0.25) is 0 Å². The van der Waals surface area contributed by atoms with Gasteiger partial charge in [0.1, 0.15) is 11.6 Å². The summed E-state index contributed by atoms with van der Waals surface area (Å²) in [6, 6.07) is 3.65. The summed E-state index contributed by atoms with van der Waals surface area (Å²) in [5.41, 5.74) is 0.577. The van der Waals surface area contributed by atoms with Crippen LogP contribution < -0.4 is 5.32 Å². The lowest BCUT2D eigenvalue weighted by Gasteiger charge is -2.36. The minimum Gasteiger partial charge on any atom is -0.379 e. The van der Waals surface area contributed by atoms with Crippen LogP contribution in [0.4, 0.5) is 8.78 Å². The summed E-state index contributed by atoms with van der Waals surface area (Å²) >= 11 is 0. The standard InChI is InChI=1S/C16H25F2NO/c1-6-19-14(15(20-5)16(2,3)4)9-11-7-12(17)10-13(18)8-11/h7-8,10,14-15,19H,6,9H2,1-5H3. The van der Waals surface area contributed by atoms with Crippen molar-refractivity contribution < 1.29 is 13.5 Å². The van der Waals surface area contributed by atoms with Gasteiger partial charge in [0.2, 0.25) is 0 Å². The number of nitrogens with one attached hydrogen (secondary N) is 1. The number of hydrogen-bond donors (Lipinski definition) is 1. The molecule has 0 heterocycles. The molecule has 2 nitrogen and oxygen atoms in total. The predicted octanol–water partition coefficient (Wildman–Crippen LogP) is 3.55. The second-order valence-electron chi connectivity index (χ2n) is 6.17. The highest BCUT2D eigenvalue weighted by molar-refractivity contribution is 5.19. The van der Waals surface area contributed by atoms with E-state index in [4.69, 9.17) is 4.74 Å². The summed E-state index contributed by atoms with van der Waals surface area (Å²) in [6.07, 6.45) is 0.479. The van der Waals surface area contributed by atoms with Crippen LogP contribution in [0.1, 0.15) is 33.3 Å². The highest BCUT2D eigenvalue weighted by Gasteiger charge is 2.32. The molecule has 1 aromatic rings. The Morgan fingerprint density at radius 2 is 1.70 bits per heavy atom. The van der Waals surface area contributed by atoms with E-state index in [9.17, 15) is 8.78 Å². The van der Waals surface area contributed by atoms with Gasteiger partial charge in [0.05, 0.1) is 6.10 Å². The highest BCUT2D eigenvalue weighted by Crippen LogP contribution is 2.26. The zero-order chi connectivity index (χ0) is 15.3. The third-order valence-electron chi connectivity index (χ3n) is 3.32. The Hall–Kier alpha value is -1.00. The van der Waals surface area contributed by atoms with E-state index in [1.807, 2.05) is 6.92 Å². The number of hydrogen-bond acceptors (Lipinski definition) is 2. The highest BCUT2D eigenvalue weighted by atomic mass is 19.1. The lowest BCUT2D eigenvalue weighted by Crippen LogP contribution is -2.49. The molecule has 114 valence electrons. The monoisotopic (exact) mass is 285 g/mol. The van der Waals surface area contributed by atoms with Crippen molar-refractivity contribution in [2.45, 2.75) is 46.3 Å². The van der Waals surface area contributed by atoms with E-state index in [1.165, 1.54) is 12.1 Å². The Morgan fingerprint density at radius 1 is 1.15 bits per heavy atom. The van der Waals surface area contributed by atoms with Gasteiger partial charge in [-0.1, -0.05) is 27.7 Å². The maximum absolute atomic E-state index is 13.3. The molecule has 2 atom stereocenters. The molecule has 1 rings (SSSR count). The maximum atomic E-state index is 13.3. The number of ether oxygens (including phenoxy) is 1. The molecule has 0 amide bonds. The fraction of sp³-hybridized carbons (Fsp3) is 0.625. The summed E-state index contributed by atoms with van der Waals surface area (Å²) in [5.74, 6) is -1.08. The van der Waals surface area contributed by atoms with E-state index < -0.39 is 11.6 Å². The third kappa shape index (κ3) is 4.84. The van der Waals surface area contributed by atoms with Gasteiger partial charge in [-0.2, -0.15) is 0 Å². The van der Waals surface area contributed by atoms with Crippen LogP contribution >= 0.6 is 0 Å². The predicted molar refractivity (Wildman–Crippen MR) is 77.8 cm³/mol. The molecule has 0 aliphatic carbocycles. The SMILES string of the molecule is CCNC(Cc1cc(F)cc(F)c1)C(OC)C(C)(C)C. The third-order valence-corrected chi connectivity index (χ3v) is 3.32. The Kier molecular flexibility index (Phi) is 6.08. The normalized spacial score (nSPS) is 15.2. The maximum Gasteiger partial charge on any atom is 0.126 e. The van der Waals surface area contributed by atoms with Gasteiger partial charge in [-0.3, -0.25) is 0 Å². The van der Waals surface area contributed by atoms with Crippen molar-refractivity contribution >= 4 is 0 Å². The van der Waals surface area contributed by atoms with E-state index in [1.54, 1.807) is 7.11 Å². The van der Waals surface area contributed by atoms with Crippen molar-refractivity contribution in [3.8, 4) is 0 Å². The minimum absolute atomic E-state index is 0.00574. The van der Waals surface area contributed by atoms with Crippen molar-refractivity contribution in [1.82, 2.24) is 5.32 Å². The molecular weight excluding hydrogens is 260 g/mol. The van der Waals surface area contributed by atoms with Crippen molar-refractivity contribution in [2.24, 2.45) is 5.41 Å². The van der Waals surface area contributed by atoms with Gasteiger partial charge in [-0.05, 0) is 36.1 Å². The smallest absolute Gasteiger partial charge is 0.126 e. The van der Waals surface area contributed by atoms with Crippen LogP contribution in [-0.2, 0) is 11.2 Å². The number of rotatable bonds is 6. The van der Waals surface area contributed by atoms with Gasteiger partial charge >= 0.3 is 0 Å². The van der Waals surface area contributed by atoms with Crippen LogP contribution in [0.5, 0.6) is 0 Å². The molecule has 0 fully saturated rings. The lowest BCUT2D eigenvalue weighted by molar-refractivity contribution is -0.0106. The number of halogens is 2. The second-order valence-corrected chi connectivity index (χ2v) is 6.17. The van der Waals surface area contributed by atoms with Crippen molar-refractivity contribution in [2.75, 3.05) is 13.7 Å². The van der Waals surface area contributed by atoms with Crippen LogP contribution in [0.15, 0.2) is 18.2 Å². The summed E-state index contributed by atoms with van der Waals surface area (Å²) in [5, 5.41) is 3.36. The average molecular weight is 285 g/mol. The summed E-state index contributed by atoms with van der Waals surface area (Å²) in [4.78, 5) is 0. The quantitative estimate of drug-likeness (QED) is 0.863. The van der Waals surface area contributed by atoms with Crippen LogP contribution in [-0.4, -0.2) is 25.8 Å². The Labute approximate surface area is 120 Å². The van der Waals surface area contributed by atoms with Crippen molar-refractivity contribution in [3.05, 3.63) is 35.4 Å². The fourth-order valence-electron chi connectivity index (χ4n) is 2.65. The topological polar surface area (TPSA) is 21.3 Å². The first-order chi connectivity index (χ1) is 9.27. The molecule has 0 bridgehead atoms. The summed E-state index contributed by atoms with van der Waals surface area (Å²) < 4.78 is 32.2.